The Morgan fingerprint density at radius 3 is 2.08 bits per heavy atom. The Balaban J connectivity index is 1.77. The molecule has 2 nitrogen and oxygen atoms in total. The molecule has 0 saturated heterocycles. The smallest absolute Gasteiger partial charge is 0.147 e. The van der Waals surface area contributed by atoms with Crippen molar-refractivity contribution in [3.05, 3.63) is 81.8 Å². The molecule has 2 aromatic carbocycles. The average Bonchev–Trinajstić information content (AvgIpc) is 3.10. The van der Waals surface area contributed by atoms with Crippen molar-refractivity contribution in [1.82, 2.24) is 4.98 Å². The maximum Gasteiger partial charge on any atom is 0.147 e. The third kappa shape index (κ3) is 3.51. The van der Waals surface area contributed by atoms with E-state index < -0.39 is 0 Å². The van der Waals surface area contributed by atoms with E-state index in [2.05, 4.69) is 74.3 Å². The lowest BCUT2D eigenvalue weighted by atomic mass is 9.78. The SMILES string of the molecule is Cc1ccc(C(C)(C)c2ccc(OC(C)c3nccs3)cc2)cc1. The van der Waals surface area contributed by atoms with Gasteiger partial charge in [0.05, 0.1) is 0 Å². The van der Waals surface area contributed by atoms with Crippen molar-refractivity contribution in [3.63, 3.8) is 0 Å². The van der Waals surface area contributed by atoms with Crippen molar-refractivity contribution >= 4 is 11.3 Å². The summed E-state index contributed by atoms with van der Waals surface area (Å²) in [5.41, 5.74) is 3.85. The number of hydrogen-bond donors (Lipinski definition) is 0. The fourth-order valence-electron chi connectivity index (χ4n) is 2.78. The summed E-state index contributed by atoms with van der Waals surface area (Å²) in [5.74, 6) is 0.876. The van der Waals surface area contributed by atoms with E-state index in [1.54, 1.807) is 11.3 Å². The maximum atomic E-state index is 6.00. The number of rotatable bonds is 5. The van der Waals surface area contributed by atoms with E-state index in [4.69, 9.17) is 4.74 Å². The quantitative estimate of drug-likeness (QED) is 0.577. The third-order valence-corrected chi connectivity index (χ3v) is 5.40. The molecule has 1 atom stereocenters. The average molecular weight is 337 g/mol. The number of aryl methyl sites for hydroxylation is 1. The van der Waals surface area contributed by atoms with Gasteiger partial charge < -0.3 is 4.74 Å². The molecule has 0 aliphatic rings. The van der Waals surface area contributed by atoms with E-state index in [1.165, 1.54) is 16.7 Å². The third-order valence-electron chi connectivity index (χ3n) is 4.46. The molecular formula is C21H23NOS. The van der Waals surface area contributed by atoms with Crippen LogP contribution in [0.2, 0.25) is 0 Å². The van der Waals surface area contributed by atoms with Gasteiger partial charge in [-0.25, -0.2) is 4.98 Å². The zero-order valence-electron chi connectivity index (χ0n) is 14.6. The van der Waals surface area contributed by atoms with Crippen molar-refractivity contribution in [2.24, 2.45) is 0 Å². The highest BCUT2D eigenvalue weighted by atomic mass is 32.1. The van der Waals surface area contributed by atoms with E-state index in [0.29, 0.717) is 0 Å². The van der Waals surface area contributed by atoms with Crippen LogP contribution in [0.1, 0.15) is 48.6 Å². The number of aromatic nitrogens is 1. The van der Waals surface area contributed by atoms with E-state index in [1.807, 2.05) is 18.5 Å². The predicted octanol–water partition coefficient (Wildman–Crippen LogP) is 5.92. The van der Waals surface area contributed by atoms with Crippen LogP contribution in [0.5, 0.6) is 5.75 Å². The second-order valence-corrected chi connectivity index (χ2v) is 7.57. The standard InChI is InChI=1S/C21H23NOS/c1-15-5-7-17(8-6-15)21(3,4)18-9-11-19(12-10-18)23-16(2)20-22-13-14-24-20/h5-14,16H,1-4H3. The van der Waals surface area contributed by atoms with E-state index >= 15 is 0 Å². The summed E-state index contributed by atoms with van der Waals surface area (Å²) in [4.78, 5) is 4.31. The van der Waals surface area contributed by atoms with Crippen molar-refractivity contribution in [3.8, 4) is 5.75 Å². The first kappa shape index (κ1) is 16.7. The molecule has 0 amide bonds. The van der Waals surface area contributed by atoms with E-state index in [0.717, 1.165) is 10.8 Å². The zero-order valence-corrected chi connectivity index (χ0v) is 15.4. The normalized spacial score (nSPS) is 12.8. The lowest BCUT2D eigenvalue weighted by molar-refractivity contribution is 0.226. The minimum Gasteiger partial charge on any atom is -0.484 e. The number of thiazole rings is 1. The molecule has 0 N–H and O–H groups in total. The molecule has 0 radical (unpaired) electrons. The van der Waals surface area contributed by atoms with E-state index in [-0.39, 0.29) is 11.5 Å². The van der Waals surface area contributed by atoms with Gasteiger partial charge in [-0.2, -0.15) is 0 Å². The van der Waals surface area contributed by atoms with Crippen LogP contribution in [-0.2, 0) is 5.41 Å². The molecule has 124 valence electrons. The second-order valence-electron chi connectivity index (χ2n) is 6.65. The van der Waals surface area contributed by atoms with Gasteiger partial charge in [0, 0.05) is 17.0 Å². The van der Waals surface area contributed by atoms with Gasteiger partial charge in [0.2, 0.25) is 0 Å². The lowest BCUT2D eigenvalue weighted by Crippen LogP contribution is -2.18. The van der Waals surface area contributed by atoms with Crippen LogP contribution in [0, 0.1) is 6.92 Å². The summed E-state index contributed by atoms with van der Waals surface area (Å²) < 4.78 is 6.00. The summed E-state index contributed by atoms with van der Waals surface area (Å²) >= 11 is 1.62. The van der Waals surface area contributed by atoms with Crippen LogP contribution >= 0.6 is 11.3 Å². The Morgan fingerprint density at radius 1 is 0.958 bits per heavy atom. The van der Waals surface area contributed by atoms with Gasteiger partial charge >= 0.3 is 0 Å². The molecule has 0 aliphatic heterocycles. The molecule has 0 fully saturated rings. The Labute approximate surface area is 148 Å². The first-order valence-electron chi connectivity index (χ1n) is 8.20. The minimum absolute atomic E-state index is 0.0269. The Hall–Kier alpha value is -2.13. The number of nitrogens with zero attached hydrogens (tertiary/aromatic N) is 1. The van der Waals surface area contributed by atoms with Gasteiger partial charge in [0.15, 0.2) is 0 Å². The van der Waals surface area contributed by atoms with Gasteiger partial charge in [0.25, 0.3) is 0 Å². The number of ether oxygens (including phenoxy) is 1. The van der Waals surface area contributed by atoms with Crippen LogP contribution in [-0.4, -0.2) is 4.98 Å². The van der Waals surface area contributed by atoms with Crippen LogP contribution in [0.4, 0.5) is 0 Å². The Kier molecular flexibility index (Phi) is 4.72. The molecule has 0 aliphatic carbocycles. The van der Waals surface area contributed by atoms with Crippen LogP contribution < -0.4 is 4.74 Å². The maximum absolute atomic E-state index is 6.00. The molecule has 24 heavy (non-hydrogen) atoms. The molecule has 0 spiro atoms. The summed E-state index contributed by atoms with van der Waals surface area (Å²) in [6, 6.07) is 17.2. The second kappa shape index (κ2) is 6.78. The minimum atomic E-state index is -0.0346. The van der Waals surface area contributed by atoms with Crippen molar-refractivity contribution in [2.75, 3.05) is 0 Å². The van der Waals surface area contributed by atoms with Gasteiger partial charge in [0.1, 0.15) is 16.9 Å². The molecule has 1 aromatic heterocycles. The lowest BCUT2D eigenvalue weighted by Gasteiger charge is -2.26. The predicted molar refractivity (Wildman–Crippen MR) is 101 cm³/mol. The van der Waals surface area contributed by atoms with Crippen LogP contribution in [0.15, 0.2) is 60.1 Å². The largest absolute Gasteiger partial charge is 0.484 e. The Morgan fingerprint density at radius 2 is 1.54 bits per heavy atom. The summed E-state index contributed by atoms with van der Waals surface area (Å²) in [5, 5.41) is 2.97. The highest BCUT2D eigenvalue weighted by Gasteiger charge is 2.23. The monoisotopic (exact) mass is 337 g/mol. The first-order chi connectivity index (χ1) is 11.5. The number of benzene rings is 2. The fourth-order valence-corrected chi connectivity index (χ4v) is 3.40. The summed E-state index contributed by atoms with van der Waals surface area (Å²) in [6.07, 6.45) is 1.79. The first-order valence-corrected chi connectivity index (χ1v) is 9.08. The molecule has 3 heteroatoms. The summed E-state index contributed by atoms with van der Waals surface area (Å²) in [6.45, 7) is 8.66. The van der Waals surface area contributed by atoms with Crippen molar-refractivity contribution in [2.45, 2.75) is 39.2 Å². The number of hydrogen-bond acceptors (Lipinski definition) is 3. The van der Waals surface area contributed by atoms with Gasteiger partial charge in [-0.15, -0.1) is 11.3 Å². The van der Waals surface area contributed by atoms with Crippen molar-refractivity contribution < 1.29 is 4.74 Å². The molecule has 0 saturated carbocycles. The van der Waals surface area contributed by atoms with E-state index in [9.17, 15) is 0 Å². The highest BCUT2D eigenvalue weighted by molar-refractivity contribution is 7.09. The molecular weight excluding hydrogens is 314 g/mol. The van der Waals surface area contributed by atoms with Crippen LogP contribution in [0.3, 0.4) is 0 Å². The fraction of sp³-hybridized carbons (Fsp3) is 0.286. The van der Waals surface area contributed by atoms with Gasteiger partial charge in [-0.1, -0.05) is 55.8 Å². The summed E-state index contributed by atoms with van der Waals surface area (Å²) in [7, 11) is 0. The molecule has 1 heterocycles. The topological polar surface area (TPSA) is 22.1 Å². The van der Waals surface area contributed by atoms with Gasteiger partial charge in [-0.05, 0) is 37.1 Å². The van der Waals surface area contributed by atoms with Crippen molar-refractivity contribution in [1.29, 1.82) is 0 Å². The molecule has 3 aromatic rings. The Bertz CT molecular complexity index is 774. The van der Waals surface area contributed by atoms with Crippen LogP contribution in [0.25, 0.3) is 0 Å². The molecule has 0 bridgehead atoms. The zero-order chi connectivity index (χ0) is 17.2. The molecule has 1 unspecified atom stereocenters. The molecule has 3 rings (SSSR count). The van der Waals surface area contributed by atoms with Gasteiger partial charge in [-0.3, -0.25) is 0 Å². The highest BCUT2D eigenvalue weighted by Crippen LogP contribution is 2.33.